The van der Waals surface area contributed by atoms with Crippen LogP contribution in [0.1, 0.15) is 45.2 Å². The topological polar surface area (TPSA) is 29.5 Å². The summed E-state index contributed by atoms with van der Waals surface area (Å²) in [5, 5.41) is 9.40. The molecule has 1 aliphatic rings. The average Bonchev–Trinajstić information content (AvgIpc) is 2.27. The van der Waals surface area contributed by atoms with Crippen LogP contribution in [0, 0.1) is 0 Å². The highest BCUT2D eigenvalue weighted by Crippen LogP contribution is 2.35. The normalized spacial score (nSPS) is 18.4. The Hall–Kier alpha value is -1.02. The van der Waals surface area contributed by atoms with Gasteiger partial charge in [-0.25, -0.2) is 0 Å². The Balaban J connectivity index is 2.34. The predicted octanol–water partition coefficient (Wildman–Crippen LogP) is 3.06. The van der Waals surface area contributed by atoms with Gasteiger partial charge in [-0.05, 0) is 43.9 Å². The molecule has 0 atom stereocenters. The minimum atomic E-state index is -0.179. The van der Waals surface area contributed by atoms with E-state index in [0.717, 1.165) is 18.6 Å². The summed E-state index contributed by atoms with van der Waals surface area (Å²) >= 11 is 0. The van der Waals surface area contributed by atoms with Gasteiger partial charge in [0.25, 0.3) is 0 Å². The molecule has 0 spiro atoms. The van der Waals surface area contributed by atoms with E-state index < -0.39 is 0 Å². The molecule has 1 aromatic carbocycles. The molecule has 0 fully saturated rings. The Morgan fingerprint density at radius 1 is 1.35 bits per heavy atom. The van der Waals surface area contributed by atoms with Crippen molar-refractivity contribution in [3.05, 3.63) is 29.3 Å². The maximum absolute atomic E-state index is 9.40. The van der Waals surface area contributed by atoms with Crippen LogP contribution in [0.5, 0.6) is 5.75 Å². The van der Waals surface area contributed by atoms with Crippen LogP contribution < -0.4 is 4.74 Å². The summed E-state index contributed by atoms with van der Waals surface area (Å²) in [5.41, 5.74) is 2.22. The number of hydrogen-bond donors (Lipinski definition) is 1. The van der Waals surface area contributed by atoms with E-state index in [1.165, 1.54) is 11.1 Å². The number of aliphatic hydroxyl groups excluding tert-OH is 1. The number of hydrogen-bond acceptors (Lipinski definition) is 2. The van der Waals surface area contributed by atoms with Crippen LogP contribution in [0.4, 0.5) is 0 Å². The molecule has 0 unspecified atom stereocenters. The second kappa shape index (κ2) is 4.02. The van der Waals surface area contributed by atoms with Crippen LogP contribution in [0.3, 0.4) is 0 Å². The van der Waals surface area contributed by atoms with Crippen LogP contribution in [0.15, 0.2) is 18.2 Å². The number of fused-ring (bicyclic) bond motifs is 1. The Morgan fingerprint density at radius 3 is 2.71 bits per heavy atom. The molecule has 0 bridgehead atoms. The molecular formula is C15H22O2. The molecule has 2 heteroatoms. The average molecular weight is 234 g/mol. The molecule has 1 N–H and O–H groups in total. The molecule has 1 aromatic rings. The summed E-state index contributed by atoms with van der Waals surface area (Å²) in [6.07, 6.45) is 2.10. The monoisotopic (exact) mass is 234 g/mol. The van der Waals surface area contributed by atoms with Crippen molar-refractivity contribution in [3.8, 4) is 5.75 Å². The highest BCUT2D eigenvalue weighted by molar-refractivity contribution is 5.41. The summed E-state index contributed by atoms with van der Waals surface area (Å²) in [6, 6.07) is 6.29. The maximum Gasteiger partial charge on any atom is 0.123 e. The first kappa shape index (κ1) is 12.4. The largest absolute Gasteiger partial charge is 0.488 e. The summed E-state index contributed by atoms with van der Waals surface area (Å²) in [6.45, 7) is 8.53. The molecule has 0 amide bonds. The van der Waals surface area contributed by atoms with E-state index in [4.69, 9.17) is 4.74 Å². The van der Waals surface area contributed by atoms with Crippen molar-refractivity contribution in [1.29, 1.82) is 0 Å². The van der Waals surface area contributed by atoms with Gasteiger partial charge in [-0.2, -0.15) is 0 Å². The van der Waals surface area contributed by atoms with Crippen LogP contribution in [0.2, 0.25) is 0 Å². The quantitative estimate of drug-likeness (QED) is 0.852. The zero-order chi connectivity index (χ0) is 12.7. The van der Waals surface area contributed by atoms with Crippen molar-refractivity contribution in [2.75, 3.05) is 6.61 Å². The minimum absolute atomic E-state index is 0.0546. The molecule has 2 nitrogen and oxygen atoms in total. The Bertz CT molecular complexity index is 419. The SMILES string of the molecule is CC1(C)CCc2cc(C(C)(C)CO)ccc2O1. The summed E-state index contributed by atoms with van der Waals surface area (Å²) < 4.78 is 5.96. The lowest BCUT2D eigenvalue weighted by atomic mass is 9.83. The third-order valence-corrected chi connectivity index (χ3v) is 3.62. The second-order valence-electron chi connectivity index (χ2n) is 6.23. The number of benzene rings is 1. The fourth-order valence-electron chi connectivity index (χ4n) is 2.17. The van der Waals surface area contributed by atoms with Gasteiger partial charge in [-0.1, -0.05) is 26.0 Å². The summed E-state index contributed by atoms with van der Waals surface area (Å²) in [4.78, 5) is 0. The van der Waals surface area contributed by atoms with Gasteiger partial charge in [0, 0.05) is 5.41 Å². The molecule has 94 valence electrons. The maximum atomic E-state index is 9.40. The van der Waals surface area contributed by atoms with Gasteiger partial charge in [0.15, 0.2) is 0 Å². The lowest BCUT2D eigenvalue weighted by molar-refractivity contribution is 0.0845. The van der Waals surface area contributed by atoms with Gasteiger partial charge in [0.05, 0.1) is 6.61 Å². The predicted molar refractivity (Wildman–Crippen MR) is 69.6 cm³/mol. The fraction of sp³-hybridized carbons (Fsp3) is 0.600. The second-order valence-corrected chi connectivity index (χ2v) is 6.23. The standard InChI is InChI=1S/C15H22O2/c1-14(2,10-16)12-5-6-13-11(9-12)7-8-15(3,4)17-13/h5-6,9,16H,7-8,10H2,1-4H3. The van der Waals surface area contributed by atoms with Crippen molar-refractivity contribution < 1.29 is 9.84 Å². The Morgan fingerprint density at radius 2 is 2.06 bits per heavy atom. The van der Waals surface area contributed by atoms with Gasteiger partial charge in [0.2, 0.25) is 0 Å². The van der Waals surface area contributed by atoms with Crippen molar-refractivity contribution in [1.82, 2.24) is 0 Å². The van der Waals surface area contributed by atoms with Crippen molar-refractivity contribution in [3.63, 3.8) is 0 Å². The zero-order valence-electron chi connectivity index (χ0n) is 11.2. The van der Waals surface area contributed by atoms with Crippen LogP contribution in [-0.2, 0) is 11.8 Å². The lowest BCUT2D eigenvalue weighted by Gasteiger charge is -2.33. The van der Waals surface area contributed by atoms with Crippen LogP contribution in [0.25, 0.3) is 0 Å². The van der Waals surface area contributed by atoms with E-state index in [9.17, 15) is 5.11 Å². The van der Waals surface area contributed by atoms with Crippen LogP contribution >= 0.6 is 0 Å². The van der Waals surface area contributed by atoms with Gasteiger partial charge < -0.3 is 9.84 Å². The van der Waals surface area contributed by atoms with Crippen molar-refractivity contribution in [2.24, 2.45) is 0 Å². The van der Waals surface area contributed by atoms with E-state index in [0.29, 0.717) is 0 Å². The van der Waals surface area contributed by atoms with Crippen molar-refractivity contribution >= 4 is 0 Å². The first-order chi connectivity index (χ1) is 7.84. The summed E-state index contributed by atoms with van der Waals surface area (Å²) in [7, 11) is 0. The summed E-state index contributed by atoms with van der Waals surface area (Å²) in [5.74, 6) is 0.999. The van der Waals surface area contributed by atoms with Crippen LogP contribution in [-0.4, -0.2) is 17.3 Å². The first-order valence-electron chi connectivity index (χ1n) is 6.27. The highest BCUT2D eigenvalue weighted by atomic mass is 16.5. The smallest absolute Gasteiger partial charge is 0.123 e. The molecule has 0 radical (unpaired) electrons. The van der Waals surface area contributed by atoms with E-state index >= 15 is 0 Å². The molecule has 1 heterocycles. The molecular weight excluding hydrogens is 212 g/mol. The van der Waals surface area contributed by atoms with E-state index in [2.05, 4.69) is 39.8 Å². The number of aliphatic hydroxyl groups is 1. The Labute approximate surface area is 104 Å². The first-order valence-corrected chi connectivity index (χ1v) is 6.27. The zero-order valence-corrected chi connectivity index (χ0v) is 11.2. The van der Waals surface area contributed by atoms with Gasteiger partial charge in [0.1, 0.15) is 11.4 Å². The van der Waals surface area contributed by atoms with Gasteiger partial charge in [-0.3, -0.25) is 0 Å². The molecule has 1 aliphatic heterocycles. The minimum Gasteiger partial charge on any atom is -0.488 e. The van der Waals surface area contributed by atoms with Gasteiger partial charge in [-0.15, -0.1) is 0 Å². The fourth-order valence-corrected chi connectivity index (χ4v) is 2.17. The Kier molecular flexibility index (Phi) is 2.94. The van der Waals surface area contributed by atoms with E-state index in [1.807, 2.05) is 6.07 Å². The number of rotatable bonds is 2. The third kappa shape index (κ3) is 2.47. The van der Waals surface area contributed by atoms with E-state index in [1.54, 1.807) is 0 Å². The molecule has 0 saturated heterocycles. The number of ether oxygens (including phenoxy) is 1. The number of aryl methyl sites for hydroxylation is 1. The van der Waals surface area contributed by atoms with Crippen molar-refractivity contribution in [2.45, 2.75) is 51.6 Å². The highest BCUT2D eigenvalue weighted by Gasteiger charge is 2.28. The molecule has 2 rings (SSSR count). The van der Waals surface area contributed by atoms with Gasteiger partial charge >= 0.3 is 0 Å². The lowest BCUT2D eigenvalue weighted by Crippen LogP contribution is -2.33. The molecule has 0 aliphatic carbocycles. The van der Waals surface area contributed by atoms with E-state index in [-0.39, 0.29) is 17.6 Å². The molecule has 0 saturated carbocycles. The molecule has 17 heavy (non-hydrogen) atoms. The third-order valence-electron chi connectivity index (χ3n) is 3.62. The molecule has 0 aromatic heterocycles.